The van der Waals surface area contributed by atoms with Gasteiger partial charge in [0.05, 0.1) is 0 Å². The van der Waals surface area contributed by atoms with Crippen LogP contribution in [0.15, 0.2) is 120 Å². The third-order valence-electron chi connectivity index (χ3n) is 10.1. The summed E-state index contributed by atoms with van der Waals surface area (Å²) in [5.74, 6) is 0. The minimum absolute atomic E-state index is 0.0325. The van der Waals surface area contributed by atoms with E-state index in [1.807, 2.05) is 0 Å². The van der Waals surface area contributed by atoms with E-state index in [2.05, 4.69) is 159 Å². The first-order valence-electron chi connectivity index (χ1n) is 16.5. The van der Waals surface area contributed by atoms with Gasteiger partial charge in [-0.2, -0.15) is 0 Å². The van der Waals surface area contributed by atoms with Crippen LogP contribution in [0.4, 0.5) is 0 Å². The fraction of sp³-hybridized carbons (Fsp3) is 0.326. The van der Waals surface area contributed by atoms with Crippen molar-refractivity contribution in [3.05, 3.63) is 153 Å². The van der Waals surface area contributed by atoms with Crippen molar-refractivity contribution in [2.45, 2.75) is 80.1 Å². The molecule has 3 aliphatic carbocycles. The van der Waals surface area contributed by atoms with Gasteiger partial charge in [-0.15, -0.1) is 0 Å². The average molecular weight is 655 g/mol. The first kappa shape index (κ1) is 31.1. The summed E-state index contributed by atoms with van der Waals surface area (Å²) in [6.45, 7) is 19.2. The molecular weight excluding hydrogens is 608 g/mol. The van der Waals surface area contributed by atoms with Gasteiger partial charge in [-0.25, -0.2) is 0 Å². The molecule has 1 atom stereocenters. The summed E-state index contributed by atoms with van der Waals surface area (Å²) in [6.07, 6.45) is 15.4. The van der Waals surface area contributed by atoms with Crippen LogP contribution in [-0.4, -0.2) is 3.21 Å². The molecule has 44 heavy (non-hydrogen) atoms. The number of benzene rings is 3. The zero-order valence-corrected chi connectivity index (χ0v) is 30.4. The van der Waals surface area contributed by atoms with E-state index in [-0.39, 0.29) is 16.2 Å². The van der Waals surface area contributed by atoms with E-state index in [0.717, 1.165) is 19.3 Å². The van der Waals surface area contributed by atoms with Gasteiger partial charge in [0.15, 0.2) is 0 Å². The number of hydrogen-bond acceptors (Lipinski definition) is 0. The first-order chi connectivity index (χ1) is 21.0. The summed E-state index contributed by atoms with van der Waals surface area (Å²) in [7, 11) is 0. The van der Waals surface area contributed by atoms with Gasteiger partial charge in [0.25, 0.3) is 0 Å². The van der Waals surface area contributed by atoms with E-state index in [9.17, 15) is 0 Å². The van der Waals surface area contributed by atoms with Crippen molar-refractivity contribution < 1.29 is 22.8 Å². The van der Waals surface area contributed by atoms with E-state index < -0.39 is 22.8 Å². The Morgan fingerprint density at radius 1 is 0.841 bits per heavy atom. The van der Waals surface area contributed by atoms with Gasteiger partial charge >= 0.3 is 278 Å². The maximum absolute atomic E-state index is 2.61. The second-order valence-corrected chi connectivity index (χ2v) is 17.7. The molecule has 0 aromatic heterocycles. The van der Waals surface area contributed by atoms with Crippen LogP contribution in [0.1, 0.15) is 90.5 Å². The standard InChI is InChI=1S/C30H37.C13H10.Zr/c1-9-20-17-23(28(3,4)5)18-22-19-25-24(26(20)22)15-16-30(10-2,29(6,7)8)27(25)21-13-11-12-14-21;1-3-7-12(8-4-1)11-13-9-5-2-6-10-13;/h11-13,15-18H,9-10,14H2,1-8H3;1-10H;. The summed E-state index contributed by atoms with van der Waals surface area (Å²) >= 11 is -1.35. The predicted molar refractivity (Wildman–Crippen MR) is 187 cm³/mol. The average Bonchev–Trinajstić information content (AvgIpc) is 3.65. The fourth-order valence-electron chi connectivity index (χ4n) is 7.59. The molecule has 6 rings (SSSR count). The second kappa shape index (κ2) is 11.8. The monoisotopic (exact) mass is 653 g/mol. The van der Waals surface area contributed by atoms with Crippen LogP contribution in [-0.2, 0) is 34.6 Å². The summed E-state index contributed by atoms with van der Waals surface area (Å²) < 4.78 is 3.23. The third kappa shape index (κ3) is 5.24. The van der Waals surface area contributed by atoms with Crippen LogP contribution >= 0.6 is 0 Å². The molecule has 3 aromatic rings. The number of allylic oxidation sites excluding steroid dienone is 8. The SMILES string of the molecule is CCc1cc(C(C)(C)C)cc2c1=C1C=CC(CC)(C(C)(C)C)C(C3=CC=CC3)=C1[C]=2[Zr]=[C](c1ccccc1)c1ccccc1. The van der Waals surface area contributed by atoms with Gasteiger partial charge in [0.2, 0.25) is 0 Å². The van der Waals surface area contributed by atoms with Crippen molar-refractivity contribution in [2.75, 3.05) is 0 Å². The number of hydrogen-bond donors (Lipinski definition) is 0. The molecule has 0 fully saturated rings. The molecule has 0 heterocycles. The predicted octanol–water partition coefficient (Wildman–Crippen LogP) is 9.37. The molecule has 0 bridgehead atoms. The minimum atomic E-state index is -1.35. The second-order valence-electron chi connectivity index (χ2n) is 14.7. The molecule has 223 valence electrons. The number of aryl methyl sites for hydroxylation is 1. The molecular formula is C43H47Zr. The molecule has 0 radical (unpaired) electrons. The zero-order valence-electron chi connectivity index (χ0n) is 27.9. The summed E-state index contributed by atoms with van der Waals surface area (Å²) in [5, 5.41) is 3.02. The van der Waals surface area contributed by atoms with Gasteiger partial charge in [0.1, 0.15) is 0 Å². The topological polar surface area (TPSA) is 0 Å². The Bertz CT molecular complexity index is 1840. The maximum atomic E-state index is 2.61. The third-order valence-corrected chi connectivity index (χ3v) is 14.0. The van der Waals surface area contributed by atoms with Crippen LogP contribution in [0.25, 0.3) is 8.85 Å². The van der Waals surface area contributed by atoms with Gasteiger partial charge in [-0.1, -0.05) is 0 Å². The zero-order chi connectivity index (χ0) is 31.3. The van der Waals surface area contributed by atoms with Gasteiger partial charge in [-0.3, -0.25) is 0 Å². The van der Waals surface area contributed by atoms with Crippen LogP contribution in [0, 0.1) is 10.8 Å². The van der Waals surface area contributed by atoms with Crippen molar-refractivity contribution in [1.82, 2.24) is 0 Å². The van der Waals surface area contributed by atoms with E-state index in [1.54, 1.807) is 17.6 Å². The molecule has 0 nitrogen and oxygen atoms in total. The van der Waals surface area contributed by atoms with E-state index in [4.69, 9.17) is 0 Å². The van der Waals surface area contributed by atoms with E-state index >= 15 is 0 Å². The van der Waals surface area contributed by atoms with Crippen molar-refractivity contribution in [3.8, 4) is 0 Å². The van der Waals surface area contributed by atoms with Crippen molar-refractivity contribution in [2.24, 2.45) is 10.8 Å². The Kier molecular flexibility index (Phi) is 8.34. The Morgan fingerprint density at radius 3 is 1.98 bits per heavy atom. The van der Waals surface area contributed by atoms with Crippen molar-refractivity contribution >= 4 is 12.1 Å². The molecule has 0 aliphatic heterocycles. The molecule has 3 aliphatic rings. The molecule has 0 saturated heterocycles. The Hall–Kier alpha value is -2.89. The number of fused-ring (bicyclic) bond motifs is 2. The first-order valence-corrected chi connectivity index (χ1v) is 18.9. The molecule has 0 N–H and O–H groups in total. The van der Waals surface area contributed by atoms with E-state index in [1.165, 1.54) is 43.8 Å². The summed E-state index contributed by atoms with van der Waals surface area (Å²) in [4.78, 5) is 0. The van der Waals surface area contributed by atoms with Gasteiger partial charge in [0, 0.05) is 0 Å². The van der Waals surface area contributed by atoms with E-state index in [0.29, 0.717) is 0 Å². The molecule has 1 unspecified atom stereocenters. The summed E-state index contributed by atoms with van der Waals surface area (Å²) in [6, 6.07) is 27.6. The quantitative estimate of drug-likeness (QED) is 0.249. The van der Waals surface area contributed by atoms with Gasteiger partial charge < -0.3 is 0 Å². The van der Waals surface area contributed by atoms with Crippen LogP contribution in [0.2, 0.25) is 0 Å². The molecule has 1 heteroatoms. The van der Waals surface area contributed by atoms with Crippen LogP contribution in [0.5, 0.6) is 0 Å². The summed E-state index contributed by atoms with van der Waals surface area (Å²) in [5.41, 5.74) is 12.0. The fourth-order valence-corrected chi connectivity index (χ4v) is 11.5. The molecule has 0 amide bonds. The molecule has 0 saturated carbocycles. The Balaban J connectivity index is 1.84. The van der Waals surface area contributed by atoms with Crippen molar-refractivity contribution in [3.63, 3.8) is 0 Å². The van der Waals surface area contributed by atoms with Crippen LogP contribution < -0.4 is 10.4 Å². The van der Waals surface area contributed by atoms with Crippen LogP contribution in [0.3, 0.4) is 0 Å². The molecule has 3 aromatic carbocycles. The Morgan fingerprint density at radius 2 is 1.48 bits per heavy atom. The number of rotatable bonds is 6. The molecule has 0 spiro atoms. The Labute approximate surface area is 276 Å². The van der Waals surface area contributed by atoms with Crippen molar-refractivity contribution in [1.29, 1.82) is 0 Å². The van der Waals surface area contributed by atoms with Gasteiger partial charge in [-0.05, 0) is 0 Å². The normalized spacial score (nSPS) is 19.2.